The number of carbonyl (C=O) groups is 1. The highest BCUT2D eigenvalue weighted by atomic mass is 16.1. The summed E-state index contributed by atoms with van der Waals surface area (Å²) < 4.78 is 2.13. The molecule has 14 heavy (non-hydrogen) atoms. The summed E-state index contributed by atoms with van der Waals surface area (Å²) in [4.78, 5) is 11.4. The Hall–Kier alpha value is -1.57. The monoisotopic (exact) mass is 185 g/mol. The number of Topliss-reactive ketones (excluding diaryl/α,β-unsaturated/α-hetero) is 1. The van der Waals surface area contributed by atoms with Crippen LogP contribution >= 0.6 is 0 Å². The first-order chi connectivity index (χ1) is 6.84. The Morgan fingerprint density at radius 3 is 3.07 bits per heavy atom. The maximum absolute atomic E-state index is 11.4. The molecular weight excluding hydrogens is 174 g/mol. The van der Waals surface area contributed by atoms with E-state index in [2.05, 4.69) is 16.5 Å². The van der Waals surface area contributed by atoms with Gasteiger partial charge in [-0.2, -0.15) is 0 Å². The van der Waals surface area contributed by atoms with Gasteiger partial charge >= 0.3 is 0 Å². The van der Waals surface area contributed by atoms with E-state index in [0.717, 1.165) is 6.42 Å². The number of hydrogen-bond donors (Lipinski definition) is 0. The van der Waals surface area contributed by atoms with Gasteiger partial charge in [0.25, 0.3) is 0 Å². The number of nitrogens with zero attached hydrogens (tertiary/aromatic N) is 1. The summed E-state index contributed by atoms with van der Waals surface area (Å²) in [5, 5.41) is 0. The van der Waals surface area contributed by atoms with Crippen LogP contribution < -0.4 is 0 Å². The van der Waals surface area contributed by atoms with Crippen molar-refractivity contribution in [3.8, 4) is 0 Å². The summed E-state index contributed by atoms with van der Waals surface area (Å²) in [7, 11) is 0. The Morgan fingerprint density at radius 2 is 2.14 bits per heavy atom. The lowest BCUT2D eigenvalue weighted by atomic mass is 9.97. The van der Waals surface area contributed by atoms with Crippen LogP contribution in [0.2, 0.25) is 0 Å². The third-order valence-corrected chi connectivity index (χ3v) is 2.91. The molecule has 0 unspecified atom stereocenters. The van der Waals surface area contributed by atoms with Gasteiger partial charge in [0.05, 0.1) is 0 Å². The zero-order valence-electron chi connectivity index (χ0n) is 7.86. The minimum Gasteiger partial charge on any atom is -0.320 e. The summed E-state index contributed by atoms with van der Waals surface area (Å²) in [5.74, 6) is 0.362. The van der Waals surface area contributed by atoms with Gasteiger partial charge in [0.15, 0.2) is 0 Å². The topological polar surface area (TPSA) is 21.5 Å². The molecule has 1 aliphatic rings. The quantitative estimate of drug-likeness (QED) is 0.615. The van der Waals surface area contributed by atoms with Crippen LogP contribution in [0, 0.1) is 0 Å². The number of carbonyl (C=O) groups excluding carboxylic acids is 1. The molecule has 0 saturated carbocycles. The van der Waals surface area contributed by atoms with Gasteiger partial charge in [0.2, 0.25) is 0 Å². The van der Waals surface area contributed by atoms with Crippen molar-refractivity contribution in [2.24, 2.45) is 0 Å². The van der Waals surface area contributed by atoms with Crippen LogP contribution in [0.4, 0.5) is 0 Å². The highest BCUT2D eigenvalue weighted by Crippen LogP contribution is 2.23. The first kappa shape index (κ1) is 7.80. The maximum atomic E-state index is 11.4. The van der Waals surface area contributed by atoms with Crippen molar-refractivity contribution in [3.05, 3.63) is 41.7 Å². The molecule has 2 aromatic rings. The van der Waals surface area contributed by atoms with E-state index in [-0.39, 0.29) is 0 Å². The summed E-state index contributed by atoms with van der Waals surface area (Å²) in [6, 6.07) is 8.32. The molecule has 0 saturated heterocycles. The number of ketones is 1. The van der Waals surface area contributed by atoms with Crippen molar-refractivity contribution >= 4 is 11.3 Å². The molecule has 0 bridgehead atoms. The zero-order chi connectivity index (χ0) is 9.54. The number of aryl methyl sites for hydroxylation is 1. The number of aromatic nitrogens is 1. The molecule has 2 nitrogen and oxygen atoms in total. The highest BCUT2D eigenvalue weighted by Gasteiger charge is 2.18. The molecule has 0 fully saturated rings. The van der Waals surface area contributed by atoms with Crippen molar-refractivity contribution in [2.45, 2.75) is 19.3 Å². The van der Waals surface area contributed by atoms with Crippen LogP contribution in [0.15, 0.2) is 30.5 Å². The van der Waals surface area contributed by atoms with Gasteiger partial charge in [-0.3, -0.25) is 4.79 Å². The average molecular weight is 185 g/mol. The van der Waals surface area contributed by atoms with Crippen LogP contribution in [0.25, 0.3) is 5.52 Å². The Kier molecular flexibility index (Phi) is 1.51. The van der Waals surface area contributed by atoms with Crippen LogP contribution in [0.1, 0.15) is 17.7 Å². The highest BCUT2D eigenvalue weighted by molar-refractivity contribution is 5.83. The minimum atomic E-state index is 0.362. The van der Waals surface area contributed by atoms with Crippen molar-refractivity contribution in [3.63, 3.8) is 0 Å². The fourth-order valence-corrected chi connectivity index (χ4v) is 2.20. The molecule has 0 atom stereocenters. The molecule has 3 rings (SSSR count). The van der Waals surface area contributed by atoms with Crippen LogP contribution in [0.5, 0.6) is 0 Å². The fraction of sp³-hybridized carbons (Fsp3) is 0.250. The molecule has 0 aromatic carbocycles. The Labute approximate surface area is 82.2 Å². The van der Waals surface area contributed by atoms with Gasteiger partial charge in [0, 0.05) is 30.2 Å². The standard InChI is InChI=1S/C12H11NO/c14-11-5-4-9-7-10-3-1-2-6-13(10)12(9)8-11/h1-3,6-7H,4-5,8H2. The normalized spacial score (nSPS) is 15.9. The molecule has 0 radical (unpaired) electrons. The second-order valence-electron chi connectivity index (χ2n) is 3.83. The van der Waals surface area contributed by atoms with E-state index < -0.39 is 0 Å². The molecule has 2 heteroatoms. The van der Waals surface area contributed by atoms with Crippen molar-refractivity contribution in [1.82, 2.24) is 4.40 Å². The van der Waals surface area contributed by atoms with Crippen molar-refractivity contribution in [1.29, 1.82) is 0 Å². The lowest BCUT2D eigenvalue weighted by Gasteiger charge is -2.10. The first-order valence-electron chi connectivity index (χ1n) is 4.94. The summed E-state index contributed by atoms with van der Waals surface area (Å²) in [6.07, 6.45) is 4.26. The molecule has 0 aliphatic heterocycles. The van der Waals surface area contributed by atoms with E-state index in [0.29, 0.717) is 18.6 Å². The first-order valence-corrected chi connectivity index (χ1v) is 4.94. The summed E-state index contributed by atoms with van der Waals surface area (Å²) >= 11 is 0. The second-order valence-corrected chi connectivity index (χ2v) is 3.83. The molecule has 0 N–H and O–H groups in total. The van der Waals surface area contributed by atoms with Gasteiger partial charge in [-0.05, 0) is 30.2 Å². The van der Waals surface area contributed by atoms with Crippen molar-refractivity contribution < 1.29 is 4.79 Å². The Balaban J connectivity index is 2.30. The van der Waals surface area contributed by atoms with Gasteiger partial charge in [-0.15, -0.1) is 0 Å². The maximum Gasteiger partial charge on any atom is 0.139 e. The van der Waals surface area contributed by atoms with Gasteiger partial charge in [0.1, 0.15) is 5.78 Å². The Morgan fingerprint density at radius 1 is 1.21 bits per heavy atom. The van der Waals surface area contributed by atoms with E-state index in [4.69, 9.17) is 0 Å². The largest absolute Gasteiger partial charge is 0.320 e. The Bertz CT molecular complexity index is 510. The second kappa shape index (κ2) is 2.71. The predicted molar refractivity (Wildman–Crippen MR) is 54.4 cm³/mol. The molecule has 0 amide bonds. The molecule has 2 heterocycles. The average Bonchev–Trinajstić information content (AvgIpc) is 2.56. The lowest BCUT2D eigenvalue weighted by Crippen LogP contribution is -2.13. The lowest BCUT2D eigenvalue weighted by molar-refractivity contribution is -0.118. The molecular formula is C12H11NO. The molecule has 1 aliphatic carbocycles. The zero-order valence-corrected chi connectivity index (χ0v) is 7.86. The summed E-state index contributed by atoms with van der Waals surface area (Å²) in [6.45, 7) is 0. The molecule has 2 aromatic heterocycles. The van der Waals surface area contributed by atoms with Crippen LogP contribution in [0.3, 0.4) is 0 Å². The summed E-state index contributed by atoms with van der Waals surface area (Å²) in [5.41, 5.74) is 3.74. The minimum absolute atomic E-state index is 0.362. The van der Waals surface area contributed by atoms with Gasteiger partial charge < -0.3 is 4.40 Å². The number of hydrogen-bond acceptors (Lipinski definition) is 1. The molecule has 0 spiro atoms. The van der Waals surface area contributed by atoms with E-state index in [9.17, 15) is 4.79 Å². The third-order valence-electron chi connectivity index (χ3n) is 2.91. The van der Waals surface area contributed by atoms with Crippen molar-refractivity contribution in [2.75, 3.05) is 0 Å². The smallest absolute Gasteiger partial charge is 0.139 e. The van der Waals surface area contributed by atoms with E-state index in [1.165, 1.54) is 16.8 Å². The number of fused-ring (bicyclic) bond motifs is 3. The third kappa shape index (κ3) is 1.00. The van der Waals surface area contributed by atoms with E-state index >= 15 is 0 Å². The molecule has 70 valence electrons. The fourth-order valence-electron chi connectivity index (χ4n) is 2.20. The van der Waals surface area contributed by atoms with E-state index in [1.54, 1.807) is 0 Å². The van der Waals surface area contributed by atoms with E-state index in [1.807, 2.05) is 18.3 Å². The number of pyridine rings is 1. The predicted octanol–water partition coefficient (Wildman–Crippen LogP) is 2.00. The SMILES string of the molecule is O=C1CCc2cc3ccccn3c2C1. The van der Waals surface area contributed by atoms with Gasteiger partial charge in [-0.1, -0.05) is 6.07 Å². The van der Waals surface area contributed by atoms with Gasteiger partial charge in [-0.25, -0.2) is 0 Å². The number of rotatable bonds is 0. The van der Waals surface area contributed by atoms with Crippen LogP contribution in [-0.4, -0.2) is 10.2 Å². The van der Waals surface area contributed by atoms with Crippen LogP contribution in [-0.2, 0) is 17.6 Å².